The molecule has 3 N–H and O–H groups in total. The molecule has 1 saturated heterocycles. The minimum absolute atomic E-state index is 0.0528. The molecule has 1 aliphatic rings. The van der Waals surface area contributed by atoms with Crippen LogP contribution in [0.4, 0.5) is 5.69 Å². The lowest BCUT2D eigenvalue weighted by molar-refractivity contribution is -0.121. The van der Waals surface area contributed by atoms with Gasteiger partial charge in [-0.1, -0.05) is 42.1 Å². The summed E-state index contributed by atoms with van der Waals surface area (Å²) in [7, 11) is 0. The first kappa shape index (κ1) is 18.7. The molecule has 1 fully saturated rings. The zero-order chi connectivity index (χ0) is 19.4. The minimum Gasteiger partial charge on any atom is -0.507 e. The first-order valence-electron chi connectivity index (χ1n) is 8.21. The van der Waals surface area contributed by atoms with E-state index in [4.69, 9.17) is 5.73 Å². The molecule has 1 atom stereocenters. The van der Waals surface area contributed by atoms with Crippen molar-refractivity contribution in [1.29, 1.82) is 0 Å². The highest BCUT2D eigenvalue weighted by Crippen LogP contribution is 2.31. The number of imide groups is 1. The van der Waals surface area contributed by atoms with Gasteiger partial charge in [0.05, 0.1) is 11.9 Å². The number of amides is 2. The third-order valence-corrected chi connectivity index (χ3v) is 4.99. The number of para-hydroxylation sites is 2. The molecule has 2 amide bonds. The normalized spacial score (nSPS) is 17.9. The summed E-state index contributed by atoms with van der Waals surface area (Å²) in [6.07, 6.45) is 1.42. The molecule has 3 rings (SSSR count). The Labute approximate surface area is 160 Å². The molecular weight excluding hydrogens is 364 g/mol. The number of thioether (sulfide) groups is 1. The van der Waals surface area contributed by atoms with E-state index in [1.807, 2.05) is 19.1 Å². The van der Waals surface area contributed by atoms with Crippen LogP contribution in [-0.4, -0.2) is 33.6 Å². The van der Waals surface area contributed by atoms with Gasteiger partial charge >= 0.3 is 0 Å². The predicted molar refractivity (Wildman–Crippen MR) is 107 cm³/mol. The summed E-state index contributed by atoms with van der Waals surface area (Å²) in [5.74, 6) is -0.507. The number of rotatable bonds is 4. The Hall–Kier alpha value is -3.13. The molecular formula is C19H18N4O3S. The average molecular weight is 382 g/mol. The van der Waals surface area contributed by atoms with Crippen molar-refractivity contribution in [3.63, 3.8) is 0 Å². The van der Waals surface area contributed by atoms with Crippen molar-refractivity contribution in [2.75, 3.05) is 4.90 Å². The first-order chi connectivity index (χ1) is 13.0. The number of hydrogen-bond acceptors (Lipinski definition) is 6. The number of carbonyl (C=O) groups excluding carboxylic acids is 2. The van der Waals surface area contributed by atoms with Gasteiger partial charge in [-0.2, -0.15) is 5.10 Å². The number of anilines is 1. The van der Waals surface area contributed by atoms with E-state index in [1.54, 1.807) is 30.3 Å². The van der Waals surface area contributed by atoms with E-state index in [0.717, 1.165) is 17.3 Å². The van der Waals surface area contributed by atoms with Gasteiger partial charge in [0.15, 0.2) is 5.17 Å². The van der Waals surface area contributed by atoms with Crippen molar-refractivity contribution < 1.29 is 14.7 Å². The van der Waals surface area contributed by atoms with Gasteiger partial charge in [-0.15, -0.1) is 5.10 Å². The molecule has 1 aliphatic heterocycles. The molecule has 138 valence electrons. The molecule has 0 aliphatic carbocycles. The van der Waals surface area contributed by atoms with E-state index < -0.39 is 5.25 Å². The van der Waals surface area contributed by atoms with Crippen LogP contribution in [0.15, 0.2) is 58.7 Å². The Morgan fingerprint density at radius 3 is 2.67 bits per heavy atom. The topological polar surface area (TPSA) is 108 Å². The summed E-state index contributed by atoms with van der Waals surface area (Å²) in [5.41, 5.74) is 7.76. The second-order valence-corrected chi connectivity index (χ2v) is 7.13. The Morgan fingerprint density at radius 1 is 1.22 bits per heavy atom. The molecule has 0 aromatic heterocycles. The number of hydrogen-bond donors (Lipinski definition) is 2. The van der Waals surface area contributed by atoms with Crippen molar-refractivity contribution in [3.8, 4) is 5.75 Å². The summed E-state index contributed by atoms with van der Waals surface area (Å²) < 4.78 is 0. The van der Waals surface area contributed by atoms with Crippen LogP contribution in [0.2, 0.25) is 0 Å². The Bertz CT molecular complexity index is 942. The lowest BCUT2D eigenvalue weighted by atomic mass is 10.2. The first-order valence-corrected chi connectivity index (χ1v) is 9.09. The van der Waals surface area contributed by atoms with Crippen LogP contribution >= 0.6 is 11.8 Å². The highest BCUT2D eigenvalue weighted by Gasteiger charge is 2.41. The van der Waals surface area contributed by atoms with E-state index in [1.165, 1.54) is 17.2 Å². The summed E-state index contributed by atoms with van der Waals surface area (Å²) >= 11 is 1.00. The van der Waals surface area contributed by atoms with Gasteiger partial charge in [0.25, 0.3) is 0 Å². The SMILES string of the molecule is Cc1ccccc1N1C(=O)CC(S/C(N)=N/N=C/c2ccccc2O)C1=O. The largest absolute Gasteiger partial charge is 0.507 e. The number of nitrogens with zero attached hydrogens (tertiary/aromatic N) is 3. The highest BCUT2D eigenvalue weighted by molar-refractivity contribution is 8.14. The van der Waals surface area contributed by atoms with Crippen LogP contribution < -0.4 is 10.6 Å². The molecule has 1 heterocycles. The fourth-order valence-electron chi connectivity index (χ4n) is 2.68. The fraction of sp³-hybridized carbons (Fsp3) is 0.158. The molecule has 7 nitrogen and oxygen atoms in total. The van der Waals surface area contributed by atoms with E-state index >= 15 is 0 Å². The molecule has 8 heteroatoms. The van der Waals surface area contributed by atoms with Crippen molar-refractivity contribution >= 4 is 40.6 Å². The zero-order valence-electron chi connectivity index (χ0n) is 14.6. The summed E-state index contributed by atoms with van der Waals surface area (Å²) in [6.45, 7) is 1.85. The standard InChI is InChI=1S/C19H18N4O3S/c1-12-6-2-4-8-14(12)23-17(25)10-16(18(23)26)27-19(20)22-21-11-13-7-3-5-9-15(13)24/h2-9,11,16,24H,10H2,1H3,(H2,20,22)/b21-11+. The number of aryl methyl sites for hydroxylation is 1. The molecule has 0 bridgehead atoms. The van der Waals surface area contributed by atoms with Crippen LogP contribution in [0.25, 0.3) is 0 Å². The lowest BCUT2D eigenvalue weighted by Gasteiger charge is -2.16. The maximum absolute atomic E-state index is 12.6. The van der Waals surface area contributed by atoms with Gasteiger partial charge < -0.3 is 10.8 Å². The second kappa shape index (κ2) is 8.05. The van der Waals surface area contributed by atoms with Gasteiger partial charge in [0, 0.05) is 12.0 Å². The predicted octanol–water partition coefficient (Wildman–Crippen LogP) is 2.41. The van der Waals surface area contributed by atoms with Crippen LogP contribution in [0.5, 0.6) is 5.75 Å². The molecule has 27 heavy (non-hydrogen) atoms. The van der Waals surface area contributed by atoms with Crippen molar-refractivity contribution in [3.05, 3.63) is 59.7 Å². The molecule has 1 unspecified atom stereocenters. The minimum atomic E-state index is -0.638. The zero-order valence-corrected chi connectivity index (χ0v) is 15.4. The monoisotopic (exact) mass is 382 g/mol. The molecule has 2 aromatic rings. The fourth-order valence-corrected chi connectivity index (χ4v) is 3.50. The Kier molecular flexibility index (Phi) is 5.56. The molecule has 0 saturated carbocycles. The number of aromatic hydroxyl groups is 1. The highest BCUT2D eigenvalue weighted by atomic mass is 32.2. The van der Waals surface area contributed by atoms with Crippen LogP contribution in [0, 0.1) is 6.92 Å². The third-order valence-electron chi connectivity index (χ3n) is 4.01. The maximum Gasteiger partial charge on any atom is 0.247 e. The number of phenols is 1. The van der Waals surface area contributed by atoms with Crippen molar-refractivity contribution in [2.24, 2.45) is 15.9 Å². The summed E-state index contributed by atoms with van der Waals surface area (Å²) in [6, 6.07) is 13.9. The molecule has 0 radical (unpaired) electrons. The maximum atomic E-state index is 12.6. The number of benzene rings is 2. The lowest BCUT2D eigenvalue weighted by Crippen LogP contribution is -2.32. The summed E-state index contributed by atoms with van der Waals surface area (Å²) in [4.78, 5) is 26.2. The van der Waals surface area contributed by atoms with Gasteiger partial charge in [0.1, 0.15) is 11.0 Å². The van der Waals surface area contributed by atoms with Gasteiger partial charge in [-0.3, -0.25) is 9.59 Å². The van der Waals surface area contributed by atoms with E-state index in [0.29, 0.717) is 11.3 Å². The van der Waals surface area contributed by atoms with Gasteiger partial charge in [-0.25, -0.2) is 4.90 Å². The van der Waals surface area contributed by atoms with E-state index in [9.17, 15) is 14.7 Å². The van der Waals surface area contributed by atoms with E-state index in [-0.39, 0.29) is 29.2 Å². The number of carbonyl (C=O) groups is 2. The molecule has 2 aromatic carbocycles. The third kappa shape index (κ3) is 4.17. The quantitative estimate of drug-likeness (QED) is 0.365. The average Bonchev–Trinajstić information content (AvgIpc) is 2.91. The van der Waals surface area contributed by atoms with Crippen LogP contribution in [-0.2, 0) is 9.59 Å². The van der Waals surface area contributed by atoms with Crippen molar-refractivity contribution in [1.82, 2.24) is 0 Å². The molecule has 0 spiro atoms. The number of phenolic OH excluding ortho intramolecular Hbond substituents is 1. The van der Waals surface area contributed by atoms with Crippen molar-refractivity contribution in [2.45, 2.75) is 18.6 Å². The summed E-state index contributed by atoms with van der Waals surface area (Å²) in [5, 5.41) is 16.8. The van der Waals surface area contributed by atoms with Crippen LogP contribution in [0.1, 0.15) is 17.5 Å². The number of amidine groups is 1. The number of nitrogens with two attached hydrogens (primary N) is 1. The Morgan fingerprint density at radius 2 is 1.93 bits per heavy atom. The second-order valence-electron chi connectivity index (χ2n) is 5.91. The smallest absolute Gasteiger partial charge is 0.247 e. The van der Waals surface area contributed by atoms with Crippen LogP contribution in [0.3, 0.4) is 0 Å². The van der Waals surface area contributed by atoms with Gasteiger partial charge in [-0.05, 0) is 30.7 Å². The van der Waals surface area contributed by atoms with Gasteiger partial charge in [0.2, 0.25) is 11.8 Å². The Balaban J connectivity index is 1.69. The van der Waals surface area contributed by atoms with E-state index in [2.05, 4.69) is 10.2 Å².